The van der Waals surface area contributed by atoms with Gasteiger partial charge in [0.05, 0.1) is 21.0 Å². The van der Waals surface area contributed by atoms with Gasteiger partial charge in [-0.2, -0.15) is 26.3 Å². The van der Waals surface area contributed by atoms with E-state index in [9.17, 15) is 46.6 Å². The molecule has 0 saturated carbocycles. The van der Waals surface area contributed by atoms with Crippen molar-refractivity contribution in [3.05, 3.63) is 64.6 Å². The Bertz CT molecular complexity index is 934. The van der Waals surface area contributed by atoms with E-state index in [1.165, 1.54) is 0 Å². The van der Waals surface area contributed by atoms with Crippen molar-refractivity contribution in [2.45, 2.75) is 22.1 Å². The molecule has 0 N–H and O–H groups in total. The van der Waals surface area contributed by atoms with Crippen LogP contribution < -0.4 is 0 Å². The average Bonchev–Trinajstić information content (AvgIpc) is 2.55. The average molecular weight is 570 g/mol. The molecule has 0 saturated heterocycles. The first-order chi connectivity index (χ1) is 13.1. The number of nitro benzene ring substituents is 2. The summed E-state index contributed by atoms with van der Waals surface area (Å²) in [4.78, 5) is 17.9. The van der Waals surface area contributed by atoms with E-state index in [1.54, 1.807) is 0 Å². The Morgan fingerprint density at radius 2 is 1.03 bits per heavy atom. The summed E-state index contributed by atoms with van der Waals surface area (Å²) in [5, 5.41) is 21.7. The van der Waals surface area contributed by atoms with Crippen LogP contribution in [0.15, 0.2) is 43.0 Å². The minimum absolute atomic E-state index is 0.00971. The van der Waals surface area contributed by atoms with E-state index in [0.717, 1.165) is 0 Å². The highest BCUT2D eigenvalue weighted by molar-refractivity contribution is 9.11. The Labute approximate surface area is 177 Å². The topological polar surface area (TPSA) is 86.3 Å². The molecule has 0 aromatic heterocycles. The maximum Gasteiger partial charge on any atom is 0.417 e. The molecule has 0 aliphatic heterocycles. The number of hydrogen-bond acceptors (Lipinski definition) is 5. The van der Waals surface area contributed by atoms with Gasteiger partial charge in [-0.05, 0) is 31.9 Å². The van der Waals surface area contributed by atoms with Gasteiger partial charge in [-0.1, -0.05) is 11.8 Å². The molecule has 0 unspecified atom stereocenters. The molecule has 0 amide bonds. The van der Waals surface area contributed by atoms with E-state index in [0.29, 0.717) is 12.1 Å². The van der Waals surface area contributed by atoms with E-state index in [-0.39, 0.29) is 23.9 Å². The van der Waals surface area contributed by atoms with Gasteiger partial charge in [0.15, 0.2) is 0 Å². The summed E-state index contributed by atoms with van der Waals surface area (Å²) >= 11 is 5.46. The Balaban J connectivity index is 2.77. The Hall–Kier alpha value is -1.87. The van der Waals surface area contributed by atoms with Crippen molar-refractivity contribution >= 4 is 55.0 Å². The number of halogens is 8. The van der Waals surface area contributed by atoms with Gasteiger partial charge in [0.1, 0.15) is 0 Å². The van der Waals surface area contributed by atoms with E-state index in [4.69, 9.17) is 0 Å². The maximum atomic E-state index is 13.4. The first-order valence-electron chi connectivity index (χ1n) is 6.91. The summed E-state index contributed by atoms with van der Waals surface area (Å²) in [6.07, 6.45) is -10.2. The van der Waals surface area contributed by atoms with Crippen molar-refractivity contribution in [2.24, 2.45) is 0 Å². The molecule has 29 heavy (non-hydrogen) atoms. The quantitative estimate of drug-likeness (QED) is 0.220. The van der Waals surface area contributed by atoms with Crippen LogP contribution in [0.5, 0.6) is 0 Å². The molecule has 0 spiro atoms. The predicted molar refractivity (Wildman–Crippen MR) is 95.7 cm³/mol. The number of nitro groups is 2. The van der Waals surface area contributed by atoms with Gasteiger partial charge in [0.25, 0.3) is 11.4 Å². The number of nitrogens with zero attached hydrogens (tertiary/aromatic N) is 2. The van der Waals surface area contributed by atoms with Gasteiger partial charge >= 0.3 is 12.4 Å². The van der Waals surface area contributed by atoms with Crippen LogP contribution in [0.3, 0.4) is 0 Å². The van der Waals surface area contributed by atoms with Gasteiger partial charge in [-0.3, -0.25) is 20.2 Å². The Kier molecular flexibility index (Phi) is 6.54. The lowest BCUT2D eigenvalue weighted by atomic mass is 10.2. The van der Waals surface area contributed by atoms with Crippen molar-refractivity contribution in [3.63, 3.8) is 0 Å². The summed E-state index contributed by atoms with van der Waals surface area (Å²) in [5.41, 5.74) is -4.93. The summed E-state index contributed by atoms with van der Waals surface area (Å²) in [6.45, 7) is 0. The molecule has 0 aliphatic carbocycles. The predicted octanol–water partition coefficient (Wildman–Crippen LogP) is 7.22. The molecule has 0 bridgehead atoms. The summed E-state index contributed by atoms with van der Waals surface area (Å²) in [5.74, 6) is 0. The lowest BCUT2D eigenvalue weighted by Gasteiger charge is -2.18. The highest BCUT2D eigenvalue weighted by Gasteiger charge is 2.40. The molecule has 0 fully saturated rings. The van der Waals surface area contributed by atoms with Crippen LogP contribution in [0.1, 0.15) is 11.1 Å². The molecule has 2 aromatic rings. The normalized spacial score (nSPS) is 12.1. The Morgan fingerprint density at radius 3 is 1.28 bits per heavy atom. The molecular weight excluding hydrogens is 566 g/mol. The van der Waals surface area contributed by atoms with Gasteiger partial charge in [0, 0.05) is 43.0 Å². The maximum absolute atomic E-state index is 13.4. The van der Waals surface area contributed by atoms with E-state index in [2.05, 4.69) is 31.9 Å². The SMILES string of the molecule is O=[N+]([O-])c1cc(Br)c(Sc2c(Br)cc([N+](=O)[O-])cc2C(F)(F)F)c(C(F)(F)F)c1. The second-order valence-corrected chi connectivity index (χ2v) is 7.95. The van der Waals surface area contributed by atoms with Gasteiger partial charge < -0.3 is 0 Å². The number of alkyl halides is 6. The molecule has 0 heterocycles. The Morgan fingerprint density at radius 1 is 0.724 bits per heavy atom. The first kappa shape index (κ1) is 23.4. The summed E-state index contributed by atoms with van der Waals surface area (Å²) in [7, 11) is 0. The van der Waals surface area contributed by atoms with Crippen LogP contribution in [0.4, 0.5) is 37.7 Å². The zero-order chi connectivity index (χ0) is 22.3. The van der Waals surface area contributed by atoms with Crippen molar-refractivity contribution in [1.82, 2.24) is 0 Å². The van der Waals surface area contributed by atoms with E-state index < -0.39 is 63.4 Å². The largest absolute Gasteiger partial charge is 0.417 e. The lowest BCUT2D eigenvalue weighted by molar-refractivity contribution is -0.385. The fourth-order valence-electron chi connectivity index (χ4n) is 2.10. The molecule has 2 aromatic carbocycles. The standard InChI is InChI=1S/C14H4Br2F6N2O4S/c15-9-3-5(23(25)26)1-7(13(17,18)19)11(9)29-12-8(14(20,21)22)2-6(24(27)28)4-10(12)16/h1-4H. The number of rotatable bonds is 4. The van der Waals surface area contributed by atoms with Crippen LogP contribution in [-0.4, -0.2) is 9.85 Å². The molecule has 0 radical (unpaired) electrons. The summed E-state index contributed by atoms with van der Waals surface area (Å²) in [6, 6.07) is 1.81. The lowest BCUT2D eigenvalue weighted by Crippen LogP contribution is -2.10. The number of non-ortho nitro benzene ring substituents is 2. The fraction of sp³-hybridized carbons (Fsp3) is 0.143. The minimum Gasteiger partial charge on any atom is -0.258 e. The second-order valence-electron chi connectivity index (χ2n) is 5.22. The van der Waals surface area contributed by atoms with Gasteiger partial charge in [-0.25, -0.2) is 0 Å². The first-order valence-corrected chi connectivity index (χ1v) is 9.31. The molecule has 2 rings (SSSR count). The monoisotopic (exact) mass is 568 g/mol. The summed E-state index contributed by atoms with van der Waals surface area (Å²) < 4.78 is 79.5. The third kappa shape index (κ3) is 5.19. The molecule has 156 valence electrons. The van der Waals surface area contributed by atoms with E-state index >= 15 is 0 Å². The minimum atomic E-state index is -5.12. The van der Waals surface area contributed by atoms with Gasteiger partial charge in [-0.15, -0.1) is 0 Å². The van der Waals surface area contributed by atoms with Crippen LogP contribution in [-0.2, 0) is 12.4 Å². The zero-order valence-electron chi connectivity index (χ0n) is 13.3. The van der Waals surface area contributed by atoms with Gasteiger partial charge in [0.2, 0.25) is 0 Å². The van der Waals surface area contributed by atoms with Crippen molar-refractivity contribution < 1.29 is 36.2 Å². The fourth-order valence-corrected chi connectivity index (χ4v) is 4.57. The molecule has 0 aliphatic rings. The molecule has 6 nitrogen and oxygen atoms in total. The van der Waals surface area contributed by atoms with E-state index in [1.807, 2.05) is 0 Å². The van der Waals surface area contributed by atoms with Crippen LogP contribution in [0.25, 0.3) is 0 Å². The highest BCUT2D eigenvalue weighted by Crippen LogP contribution is 2.50. The smallest absolute Gasteiger partial charge is 0.258 e. The molecular formula is C14H4Br2F6N2O4S. The highest BCUT2D eigenvalue weighted by atomic mass is 79.9. The third-order valence-corrected chi connectivity index (χ3v) is 6.36. The number of benzene rings is 2. The second kappa shape index (κ2) is 8.10. The molecule has 15 heteroatoms. The van der Waals surface area contributed by atoms with Crippen LogP contribution in [0.2, 0.25) is 0 Å². The third-order valence-electron chi connectivity index (χ3n) is 3.29. The van der Waals surface area contributed by atoms with Crippen molar-refractivity contribution in [2.75, 3.05) is 0 Å². The van der Waals surface area contributed by atoms with Crippen molar-refractivity contribution in [3.8, 4) is 0 Å². The van der Waals surface area contributed by atoms with Crippen molar-refractivity contribution in [1.29, 1.82) is 0 Å². The van der Waals surface area contributed by atoms with Crippen LogP contribution in [0, 0.1) is 20.2 Å². The van der Waals surface area contributed by atoms with Crippen LogP contribution >= 0.6 is 43.6 Å². The molecule has 0 atom stereocenters. The zero-order valence-corrected chi connectivity index (χ0v) is 17.3. The number of hydrogen-bond donors (Lipinski definition) is 0.